The fourth-order valence-electron chi connectivity index (χ4n) is 7.23. The standard InChI is InChI=1S/C46H91NO6/c1-5-9-13-17-19-25-34-43(33-24-15-11-7-3)45(49)51-41-30-22-20-28-37-47(39-32-40-48)38-29-21-23-31-42-52-46(50)53-44(35-26-16-12-8-4)36-27-18-14-10-6-2/h43-44,48H,5-42H2,1-4H3. The number of carbonyl (C=O) groups is 2. The first-order chi connectivity index (χ1) is 26.0. The maximum Gasteiger partial charge on any atom is 0.508 e. The van der Waals surface area contributed by atoms with Crippen molar-refractivity contribution in [3.05, 3.63) is 0 Å². The minimum absolute atomic E-state index is 0.00868. The average Bonchev–Trinajstić information content (AvgIpc) is 3.16. The zero-order chi connectivity index (χ0) is 38.9. The molecular formula is C46H91NO6. The number of nitrogens with zero attached hydrogens (tertiary/aromatic N) is 1. The molecule has 1 N–H and O–H groups in total. The highest BCUT2D eigenvalue weighted by Gasteiger charge is 2.19. The van der Waals surface area contributed by atoms with Gasteiger partial charge < -0.3 is 24.2 Å². The average molecular weight is 754 g/mol. The summed E-state index contributed by atoms with van der Waals surface area (Å²) in [7, 11) is 0. The Morgan fingerprint density at radius 3 is 1.32 bits per heavy atom. The molecule has 0 rings (SSSR count). The van der Waals surface area contributed by atoms with Gasteiger partial charge in [-0.3, -0.25) is 4.79 Å². The molecule has 0 bridgehead atoms. The summed E-state index contributed by atoms with van der Waals surface area (Å²) in [5.74, 6) is 0.126. The van der Waals surface area contributed by atoms with E-state index in [9.17, 15) is 14.7 Å². The van der Waals surface area contributed by atoms with Crippen LogP contribution in [0.1, 0.15) is 233 Å². The number of hydrogen-bond acceptors (Lipinski definition) is 7. The monoisotopic (exact) mass is 754 g/mol. The van der Waals surface area contributed by atoms with E-state index >= 15 is 0 Å². The van der Waals surface area contributed by atoms with Crippen LogP contribution in [0.3, 0.4) is 0 Å². The van der Waals surface area contributed by atoms with Crippen LogP contribution in [0.2, 0.25) is 0 Å². The van der Waals surface area contributed by atoms with Gasteiger partial charge in [-0.05, 0) is 83.7 Å². The van der Waals surface area contributed by atoms with Crippen molar-refractivity contribution in [1.29, 1.82) is 0 Å². The van der Waals surface area contributed by atoms with Crippen molar-refractivity contribution in [3.8, 4) is 0 Å². The third-order valence-corrected chi connectivity index (χ3v) is 10.8. The van der Waals surface area contributed by atoms with E-state index in [0.29, 0.717) is 13.2 Å². The molecule has 0 aliphatic carbocycles. The molecule has 0 fully saturated rings. The summed E-state index contributed by atoms with van der Waals surface area (Å²) in [6, 6.07) is 0. The number of esters is 1. The Kier molecular flexibility index (Phi) is 40.8. The zero-order valence-corrected chi connectivity index (χ0v) is 36.0. The summed E-state index contributed by atoms with van der Waals surface area (Å²) < 4.78 is 17.0. The van der Waals surface area contributed by atoms with Crippen LogP contribution in [0.4, 0.5) is 4.79 Å². The van der Waals surface area contributed by atoms with Gasteiger partial charge in [0, 0.05) is 13.2 Å². The Labute approximate surface area is 329 Å². The number of unbranched alkanes of at least 4 members (excludes halogenated alkanes) is 21. The zero-order valence-electron chi connectivity index (χ0n) is 36.0. The molecule has 0 saturated carbocycles. The molecule has 53 heavy (non-hydrogen) atoms. The Morgan fingerprint density at radius 1 is 0.453 bits per heavy atom. The maximum absolute atomic E-state index is 12.9. The largest absolute Gasteiger partial charge is 0.508 e. The van der Waals surface area contributed by atoms with E-state index in [-0.39, 0.29) is 24.6 Å². The Balaban J connectivity index is 4.24. The normalized spacial score (nSPS) is 12.6. The Morgan fingerprint density at radius 2 is 0.830 bits per heavy atom. The number of aliphatic hydroxyl groups excluding tert-OH is 1. The van der Waals surface area contributed by atoms with E-state index in [2.05, 4.69) is 32.6 Å². The van der Waals surface area contributed by atoms with Crippen molar-refractivity contribution in [2.24, 2.45) is 5.92 Å². The van der Waals surface area contributed by atoms with Crippen LogP contribution in [0, 0.1) is 5.92 Å². The molecule has 2 unspecified atom stereocenters. The van der Waals surface area contributed by atoms with E-state index in [1.807, 2.05) is 0 Å². The molecule has 0 aromatic heterocycles. The summed E-state index contributed by atoms with van der Waals surface area (Å²) in [4.78, 5) is 27.8. The lowest BCUT2D eigenvalue weighted by Gasteiger charge is -2.22. The minimum Gasteiger partial charge on any atom is -0.465 e. The Bertz CT molecular complexity index is 764. The summed E-state index contributed by atoms with van der Waals surface area (Å²) >= 11 is 0. The highest BCUT2D eigenvalue weighted by Crippen LogP contribution is 2.21. The molecule has 0 spiro atoms. The summed E-state index contributed by atoms with van der Waals surface area (Å²) in [5, 5.41) is 9.42. The highest BCUT2D eigenvalue weighted by atomic mass is 16.7. The molecule has 7 nitrogen and oxygen atoms in total. The Hall–Kier alpha value is -1.34. The van der Waals surface area contributed by atoms with Crippen molar-refractivity contribution >= 4 is 12.1 Å². The molecule has 0 saturated heterocycles. The first-order valence-corrected chi connectivity index (χ1v) is 23.3. The lowest BCUT2D eigenvalue weighted by molar-refractivity contribution is -0.149. The molecule has 2 atom stereocenters. The number of hydrogen-bond donors (Lipinski definition) is 1. The van der Waals surface area contributed by atoms with Crippen LogP contribution in [0.25, 0.3) is 0 Å². The lowest BCUT2D eigenvalue weighted by Crippen LogP contribution is -2.28. The molecule has 0 aromatic carbocycles. The third kappa shape index (κ3) is 36.1. The van der Waals surface area contributed by atoms with E-state index in [1.54, 1.807) is 0 Å². The molecule has 0 aromatic rings. The fraction of sp³-hybridized carbons (Fsp3) is 0.957. The molecular weight excluding hydrogens is 663 g/mol. The van der Waals surface area contributed by atoms with Gasteiger partial charge in [-0.25, -0.2) is 4.79 Å². The van der Waals surface area contributed by atoms with Crippen LogP contribution >= 0.6 is 0 Å². The quantitative estimate of drug-likeness (QED) is 0.0491. The molecule has 0 aliphatic heterocycles. The second-order valence-electron chi connectivity index (χ2n) is 15.9. The van der Waals surface area contributed by atoms with Gasteiger partial charge >= 0.3 is 12.1 Å². The van der Waals surface area contributed by atoms with Crippen LogP contribution < -0.4 is 0 Å². The van der Waals surface area contributed by atoms with Gasteiger partial charge in [0.1, 0.15) is 6.10 Å². The van der Waals surface area contributed by atoms with Gasteiger partial charge in [-0.15, -0.1) is 0 Å². The van der Waals surface area contributed by atoms with Gasteiger partial charge in [-0.2, -0.15) is 0 Å². The van der Waals surface area contributed by atoms with Gasteiger partial charge in [0.05, 0.1) is 19.1 Å². The maximum atomic E-state index is 12.9. The number of carbonyl (C=O) groups excluding carboxylic acids is 2. The fourth-order valence-corrected chi connectivity index (χ4v) is 7.23. The topological polar surface area (TPSA) is 85.3 Å². The predicted molar refractivity (Wildman–Crippen MR) is 225 cm³/mol. The van der Waals surface area contributed by atoms with E-state index in [0.717, 1.165) is 129 Å². The second-order valence-corrected chi connectivity index (χ2v) is 15.9. The molecule has 316 valence electrons. The number of ether oxygens (including phenoxy) is 3. The van der Waals surface area contributed by atoms with E-state index in [4.69, 9.17) is 14.2 Å². The van der Waals surface area contributed by atoms with Gasteiger partial charge in [-0.1, -0.05) is 163 Å². The van der Waals surface area contributed by atoms with Crippen molar-refractivity contribution < 1.29 is 28.9 Å². The summed E-state index contributed by atoms with van der Waals surface area (Å²) in [6.45, 7) is 13.2. The molecule has 0 heterocycles. The number of rotatable bonds is 42. The van der Waals surface area contributed by atoms with Crippen LogP contribution in [0.5, 0.6) is 0 Å². The smallest absolute Gasteiger partial charge is 0.465 e. The minimum atomic E-state index is -0.488. The molecule has 0 radical (unpaired) electrons. The predicted octanol–water partition coefficient (Wildman–Crippen LogP) is 13.5. The highest BCUT2D eigenvalue weighted by molar-refractivity contribution is 5.72. The lowest BCUT2D eigenvalue weighted by atomic mass is 9.94. The summed E-state index contributed by atoms with van der Waals surface area (Å²) in [5.41, 5.74) is 0. The molecule has 0 aliphatic rings. The van der Waals surface area contributed by atoms with Crippen molar-refractivity contribution in [2.45, 2.75) is 239 Å². The van der Waals surface area contributed by atoms with E-state index < -0.39 is 6.16 Å². The van der Waals surface area contributed by atoms with Crippen LogP contribution in [-0.4, -0.2) is 67.7 Å². The van der Waals surface area contributed by atoms with Crippen LogP contribution in [-0.2, 0) is 19.0 Å². The third-order valence-electron chi connectivity index (χ3n) is 10.8. The van der Waals surface area contributed by atoms with Crippen LogP contribution in [0.15, 0.2) is 0 Å². The van der Waals surface area contributed by atoms with Crippen molar-refractivity contribution in [3.63, 3.8) is 0 Å². The first kappa shape index (κ1) is 51.7. The van der Waals surface area contributed by atoms with Crippen molar-refractivity contribution in [2.75, 3.05) is 39.5 Å². The molecule has 0 amide bonds. The second kappa shape index (κ2) is 41.8. The SMILES string of the molecule is CCCCCCCCC(CCCCCC)C(=O)OCCCCCCN(CCCO)CCCCCCOC(=O)OC(CCCCCC)CCCCCCC. The van der Waals surface area contributed by atoms with Gasteiger partial charge in [0.15, 0.2) is 0 Å². The van der Waals surface area contributed by atoms with Gasteiger partial charge in [0.25, 0.3) is 0 Å². The summed E-state index contributed by atoms with van der Waals surface area (Å²) in [6.07, 6.45) is 35.9. The molecule has 7 heteroatoms. The first-order valence-electron chi connectivity index (χ1n) is 23.3. The number of aliphatic hydroxyl groups is 1. The van der Waals surface area contributed by atoms with Crippen molar-refractivity contribution in [1.82, 2.24) is 4.90 Å². The van der Waals surface area contributed by atoms with Gasteiger partial charge in [0.2, 0.25) is 0 Å². The van der Waals surface area contributed by atoms with E-state index in [1.165, 1.54) is 96.3 Å².